The maximum atomic E-state index is 11.5. The van der Waals surface area contributed by atoms with E-state index in [9.17, 15) is 4.79 Å². The van der Waals surface area contributed by atoms with Gasteiger partial charge < -0.3 is 10.1 Å². The van der Waals surface area contributed by atoms with Crippen molar-refractivity contribution in [1.29, 1.82) is 0 Å². The molecule has 0 heterocycles. The van der Waals surface area contributed by atoms with Crippen molar-refractivity contribution < 1.29 is 9.53 Å². The van der Waals surface area contributed by atoms with E-state index in [0.29, 0.717) is 26.2 Å². The number of amides is 1. The summed E-state index contributed by atoms with van der Waals surface area (Å²) in [4.78, 5) is 11.5. The van der Waals surface area contributed by atoms with Crippen LogP contribution in [0.2, 0.25) is 0 Å². The molecule has 1 amide bonds. The molecule has 1 aromatic rings. The summed E-state index contributed by atoms with van der Waals surface area (Å²) in [5, 5.41) is 2.91. The summed E-state index contributed by atoms with van der Waals surface area (Å²) < 4.78 is 5.14. The molecule has 1 rings (SSSR count). The fourth-order valence-corrected chi connectivity index (χ4v) is 1.96. The molecular weight excluding hydrogens is 226 g/mol. The van der Waals surface area contributed by atoms with Crippen molar-refractivity contribution in [3.8, 4) is 0 Å². The van der Waals surface area contributed by atoms with Crippen LogP contribution in [-0.4, -0.2) is 25.7 Å². The van der Waals surface area contributed by atoms with E-state index in [0.717, 1.165) is 6.42 Å². The summed E-state index contributed by atoms with van der Waals surface area (Å²) >= 11 is 0. The molecule has 0 radical (unpaired) electrons. The molecule has 0 unspecified atom stereocenters. The minimum Gasteiger partial charge on any atom is -0.381 e. The summed E-state index contributed by atoms with van der Waals surface area (Å²) in [5.74, 6) is 0.0628. The maximum absolute atomic E-state index is 11.5. The third kappa shape index (κ3) is 5.82. The summed E-state index contributed by atoms with van der Waals surface area (Å²) in [5.41, 5.74) is 3.82. The number of carbonyl (C=O) groups is 1. The second-order valence-electron chi connectivity index (χ2n) is 4.54. The van der Waals surface area contributed by atoms with Gasteiger partial charge in [0.2, 0.25) is 5.91 Å². The normalized spacial score (nSPS) is 10.4. The molecule has 0 aromatic heterocycles. The van der Waals surface area contributed by atoms with Gasteiger partial charge in [-0.05, 0) is 32.8 Å². The van der Waals surface area contributed by atoms with Crippen LogP contribution in [-0.2, 0) is 16.0 Å². The summed E-state index contributed by atoms with van der Waals surface area (Å²) in [6, 6.07) is 6.49. The lowest BCUT2D eigenvalue weighted by atomic mass is 10.1. The number of benzene rings is 1. The van der Waals surface area contributed by atoms with Crippen molar-refractivity contribution in [2.75, 3.05) is 19.8 Å². The zero-order valence-corrected chi connectivity index (χ0v) is 11.6. The van der Waals surface area contributed by atoms with Crippen molar-refractivity contribution in [2.45, 2.75) is 33.6 Å². The summed E-state index contributed by atoms with van der Waals surface area (Å²) in [6.45, 7) is 7.97. The molecule has 18 heavy (non-hydrogen) atoms. The molecule has 1 aromatic carbocycles. The Kier molecular flexibility index (Phi) is 6.44. The van der Waals surface area contributed by atoms with Gasteiger partial charge in [0.25, 0.3) is 0 Å². The fourth-order valence-electron chi connectivity index (χ4n) is 1.96. The van der Waals surface area contributed by atoms with Gasteiger partial charge in [0, 0.05) is 19.6 Å². The lowest BCUT2D eigenvalue weighted by Gasteiger charge is -2.07. The number of carbonyl (C=O) groups excluding carboxylic acids is 1. The van der Waals surface area contributed by atoms with E-state index in [1.165, 1.54) is 16.7 Å². The zero-order chi connectivity index (χ0) is 13.4. The van der Waals surface area contributed by atoms with E-state index in [-0.39, 0.29) is 5.91 Å². The third-order valence-electron chi connectivity index (χ3n) is 2.69. The van der Waals surface area contributed by atoms with E-state index < -0.39 is 0 Å². The molecule has 0 fully saturated rings. The number of aryl methyl sites for hydroxylation is 2. The predicted molar refractivity (Wildman–Crippen MR) is 73.7 cm³/mol. The first kappa shape index (κ1) is 14.7. The fraction of sp³-hybridized carbons (Fsp3) is 0.533. The van der Waals surface area contributed by atoms with Crippen molar-refractivity contribution in [3.05, 3.63) is 34.9 Å². The molecule has 1 N–H and O–H groups in total. The van der Waals surface area contributed by atoms with Crippen molar-refractivity contribution >= 4 is 5.91 Å². The second kappa shape index (κ2) is 7.88. The minimum atomic E-state index is 0.0628. The SMILES string of the molecule is CCOCCC(=O)NCCc1cc(C)cc(C)c1. The van der Waals surface area contributed by atoms with Gasteiger partial charge >= 0.3 is 0 Å². The minimum absolute atomic E-state index is 0.0628. The number of nitrogens with one attached hydrogen (secondary N) is 1. The quantitative estimate of drug-likeness (QED) is 0.754. The van der Waals surface area contributed by atoms with Crippen molar-refractivity contribution in [2.24, 2.45) is 0 Å². The standard InChI is InChI=1S/C15H23NO2/c1-4-18-8-6-15(17)16-7-5-14-10-12(2)9-13(3)11-14/h9-11H,4-8H2,1-3H3,(H,16,17). The Hall–Kier alpha value is -1.35. The van der Waals surface area contributed by atoms with E-state index in [2.05, 4.69) is 37.4 Å². The van der Waals surface area contributed by atoms with Gasteiger partial charge in [-0.3, -0.25) is 4.79 Å². The van der Waals surface area contributed by atoms with Crippen LogP contribution in [0.5, 0.6) is 0 Å². The highest BCUT2D eigenvalue weighted by Gasteiger charge is 2.01. The lowest BCUT2D eigenvalue weighted by molar-refractivity contribution is -0.122. The molecular formula is C15H23NO2. The monoisotopic (exact) mass is 249 g/mol. The average Bonchev–Trinajstić information content (AvgIpc) is 2.28. The molecule has 0 saturated carbocycles. The van der Waals surface area contributed by atoms with Gasteiger partial charge in [-0.1, -0.05) is 29.3 Å². The Labute approximate surface area is 110 Å². The molecule has 0 spiro atoms. The molecule has 0 aliphatic rings. The van der Waals surface area contributed by atoms with E-state index in [4.69, 9.17) is 4.74 Å². The van der Waals surface area contributed by atoms with Crippen molar-refractivity contribution in [3.63, 3.8) is 0 Å². The molecule has 0 saturated heterocycles. The van der Waals surface area contributed by atoms with Crippen LogP contribution in [0.4, 0.5) is 0 Å². The molecule has 100 valence electrons. The first-order chi connectivity index (χ1) is 8.61. The Balaban J connectivity index is 2.26. The van der Waals surface area contributed by atoms with Crippen molar-refractivity contribution in [1.82, 2.24) is 5.32 Å². The number of hydrogen-bond donors (Lipinski definition) is 1. The van der Waals surface area contributed by atoms with Gasteiger partial charge in [0.1, 0.15) is 0 Å². The first-order valence-corrected chi connectivity index (χ1v) is 6.53. The summed E-state index contributed by atoms with van der Waals surface area (Å²) in [7, 11) is 0. The molecule has 0 aliphatic carbocycles. The highest BCUT2D eigenvalue weighted by atomic mass is 16.5. The number of rotatable bonds is 7. The topological polar surface area (TPSA) is 38.3 Å². The second-order valence-corrected chi connectivity index (χ2v) is 4.54. The van der Waals surface area contributed by atoms with Gasteiger partial charge in [-0.25, -0.2) is 0 Å². The first-order valence-electron chi connectivity index (χ1n) is 6.53. The van der Waals surface area contributed by atoms with Crippen LogP contribution in [0, 0.1) is 13.8 Å². The number of hydrogen-bond acceptors (Lipinski definition) is 2. The smallest absolute Gasteiger partial charge is 0.222 e. The average molecular weight is 249 g/mol. The van der Waals surface area contributed by atoms with E-state index in [1.54, 1.807) is 0 Å². The third-order valence-corrected chi connectivity index (χ3v) is 2.69. The largest absolute Gasteiger partial charge is 0.381 e. The van der Waals surface area contributed by atoms with Crippen LogP contribution < -0.4 is 5.32 Å². The Morgan fingerprint density at radius 1 is 1.22 bits per heavy atom. The van der Waals surface area contributed by atoms with Gasteiger partial charge in [0.15, 0.2) is 0 Å². The van der Waals surface area contributed by atoms with Crippen LogP contribution >= 0.6 is 0 Å². The molecule has 0 bridgehead atoms. The van der Waals surface area contributed by atoms with Crippen LogP contribution in [0.25, 0.3) is 0 Å². The van der Waals surface area contributed by atoms with Gasteiger partial charge in [0.05, 0.1) is 6.61 Å². The van der Waals surface area contributed by atoms with E-state index in [1.807, 2.05) is 6.92 Å². The molecule has 0 aliphatic heterocycles. The highest BCUT2D eigenvalue weighted by Crippen LogP contribution is 2.08. The predicted octanol–water partition coefficient (Wildman–Crippen LogP) is 2.39. The number of ether oxygens (including phenoxy) is 1. The maximum Gasteiger partial charge on any atom is 0.222 e. The highest BCUT2D eigenvalue weighted by molar-refractivity contribution is 5.75. The molecule has 0 atom stereocenters. The summed E-state index contributed by atoms with van der Waals surface area (Å²) in [6.07, 6.45) is 1.32. The Morgan fingerprint density at radius 3 is 2.50 bits per heavy atom. The van der Waals surface area contributed by atoms with Crippen LogP contribution in [0.15, 0.2) is 18.2 Å². The zero-order valence-electron chi connectivity index (χ0n) is 11.6. The van der Waals surface area contributed by atoms with E-state index >= 15 is 0 Å². The van der Waals surface area contributed by atoms with Gasteiger partial charge in [-0.2, -0.15) is 0 Å². The Bertz CT molecular complexity index is 368. The van der Waals surface area contributed by atoms with Crippen LogP contribution in [0.1, 0.15) is 30.0 Å². The van der Waals surface area contributed by atoms with Crippen LogP contribution in [0.3, 0.4) is 0 Å². The van der Waals surface area contributed by atoms with Gasteiger partial charge in [-0.15, -0.1) is 0 Å². The lowest BCUT2D eigenvalue weighted by Crippen LogP contribution is -2.26. The molecule has 3 heteroatoms. The Morgan fingerprint density at radius 2 is 1.89 bits per heavy atom. The molecule has 3 nitrogen and oxygen atoms in total.